The number of anilines is 1. The summed E-state index contributed by atoms with van der Waals surface area (Å²) in [7, 11) is 1.62. The van der Waals surface area contributed by atoms with Gasteiger partial charge >= 0.3 is 6.03 Å². The quantitative estimate of drug-likeness (QED) is 0.774. The molecular weight excluding hydrogens is 399 g/mol. The van der Waals surface area contributed by atoms with Crippen LogP contribution in [0.4, 0.5) is 14.9 Å². The first-order valence-electron chi connectivity index (χ1n) is 10.4. The zero-order valence-corrected chi connectivity index (χ0v) is 17.5. The molecule has 0 spiro atoms. The molecule has 2 aliphatic rings. The van der Waals surface area contributed by atoms with E-state index in [4.69, 9.17) is 4.74 Å². The summed E-state index contributed by atoms with van der Waals surface area (Å²) in [4.78, 5) is 31.6. The second-order valence-corrected chi connectivity index (χ2v) is 7.64. The maximum atomic E-state index is 14.6. The summed E-state index contributed by atoms with van der Waals surface area (Å²) in [6.45, 7) is 2.57. The van der Waals surface area contributed by atoms with Gasteiger partial charge in [0, 0.05) is 30.8 Å². The van der Waals surface area contributed by atoms with Gasteiger partial charge in [-0.3, -0.25) is 4.79 Å². The van der Waals surface area contributed by atoms with Crippen LogP contribution in [0.1, 0.15) is 30.9 Å². The van der Waals surface area contributed by atoms with Gasteiger partial charge in [0.25, 0.3) is 5.91 Å². The first-order chi connectivity index (χ1) is 15.0. The molecule has 0 saturated heterocycles. The van der Waals surface area contributed by atoms with Gasteiger partial charge in [0.05, 0.1) is 17.5 Å². The van der Waals surface area contributed by atoms with Crippen LogP contribution in [-0.4, -0.2) is 49.6 Å². The Bertz CT molecular complexity index is 1020. The van der Waals surface area contributed by atoms with Crippen LogP contribution in [0.25, 0.3) is 0 Å². The van der Waals surface area contributed by atoms with Crippen molar-refractivity contribution < 1.29 is 18.7 Å². The number of carbonyl (C=O) groups is 2. The molecule has 3 amide bonds. The molecule has 0 radical (unpaired) electrons. The lowest BCUT2D eigenvalue weighted by Gasteiger charge is -2.35. The molecule has 7 nitrogen and oxygen atoms in total. The van der Waals surface area contributed by atoms with E-state index >= 15 is 0 Å². The highest BCUT2D eigenvalue weighted by molar-refractivity contribution is 6.20. The van der Waals surface area contributed by atoms with Crippen LogP contribution in [0.3, 0.4) is 0 Å². The van der Waals surface area contributed by atoms with Crippen molar-refractivity contribution in [2.75, 3.05) is 18.6 Å². The maximum Gasteiger partial charge on any atom is 0.317 e. The number of nitrogens with zero attached hydrogens (tertiary/aromatic N) is 2. The average Bonchev–Trinajstić information content (AvgIpc) is 2.84. The summed E-state index contributed by atoms with van der Waals surface area (Å²) < 4.78 is 20.1. The molecule has 31 heavy (non-hydrogen) atoms. The van der Waals surface area contributed by atoms with E-state index in [0.717, 1.165) is 12.8 Å². The van der Waals surface area contributed by atoms with Gasteiger partial charge in [0.2, 0.25) is 6.17 Å². The van der Waals surface area contributed by atoms with Crippen LogP contribution in [0.5, 0.6) is 0 Å². The number of ether oxygens (including phenoxy) is 1. The Hall–Kier alpha value is -3.26. The fraction of sp³-hybridized carbons (Fsp3) is 0.348. The van der Waals surface area contributed by atoms with Crippen molar-refractivity contribution in [3.63, 3.8) is 0 Å². The van der Waals surface area contributed by atoms with Crippen molar-refractivity contribution in [2.45, 2.75) is 38.1 Å². The van der Waals surface area contributed by atoms with E-state index in [9.17, 15) is 14.0 Å². The van der Waals surface area contributed by atoms with E-state index in [1.807, 2.05) is 6.92 Å². The fourth-order valence-corrected chi connectivity index (χ4v) is 3.89. The minimum atomic E-state index is -1.19. The zero-order chi connectivity index (χ0) is 22.0. The van der Waals surface area contributed by atoms with Crippen molar-refractivity contribution in [3.8, 4) is 0 Å². The molecule has 1 aliphatic carbocycles. The molecule has 1 atom stereocenters. The molecule has 1 fully saturated rings. The lowest BCUT2D eigenvalue weighted by atomic mass is 9.89. The molecule has 2 aromatic rings. The predicted octanol–water partition coefficient (Wildman–Crippen LogP) is 2.83. The SMILES string of the molecule is CCOC1CC(NC(=O)NC2N=C(c3ccccc3F)c3ccccc3N(C)C2=O)C1. The number of para-hydroxylation sites is 1. The summed E-state index contributed by atoms with van der Waals surface area (Å²) in [5.41, 5.74) is 1.80. The second-order valence-electron chi connectivity index (χ2n) is 7.64. The van der Waals surface area contributed by atoms with Gasteiger partial charge in [-0.05, 0) is 38.0 Å². The second kappa shape index (κ2) is 8.85. The van der Waals surface area contributed by atoms with Gasteiger partial charge in [-0.2, -0.15) is 0 Å². The van der Waals surface area contributed by atoms with Gasteiger partial charge in [-0.15, -0.1) is 0 Å². The average molecular weight is 424 g/mol. The number of urea groups is 1. The van der Waals surface area contributed by atoms with Crippen molar-refractivity contribution in [3.05, 3.63) is 65.5 Å². The van der Waals surface area contributed by atoms with Crippen LogP contribution < -0.4 is 15.5 Å². The van der Waals surface area contributed by atoms with Gasteiger partial charge in [-0.1, -0.05) is 30.3 Å². The Morgan fingerprint density at radius 3 is 2.52 bits per heavy atom. The number of nitrogens with one attached hydrogen (secondary N) is 2. The number of benzodiazepines with no additional fused rings is 1. The predicted molar refractivity (Wildman–Crippen MR) is 116 cm³/mol. The van der Waals surface area contributed by atoms with E-state index in [0.29, 0.717) is 23.6 Å². The number of carbonyl (C=O) groups excluding carboxylic acids is 2. The molecule has 1 heterocycles. The Morgan fingerprint density at radius 1 is 1.13 bits per heavy atom. The van der Waals surface area contributed by atoms with Gasteiger partial charge in [0.1, 0.15) is 5.82 Å². The summed E-state index contributed by atoms with van der Waals surface area (Å²) in [6.07, 6.45) is 0.431. The van der Waals surface area contributed by atoms with E-state index in [1.54, 1.807) is 49.5 Å². The third-order valence-corrected chi connectivity index (χ3v) is 5.57. The van der Waals surface area contributed by atoms with Crippen LogP contribution in [0.2, 0.25) is 0 Å². The molecule has 4 rings (SSSR count). The highest BCUT2D eigenvalue weighted by Gasteiger charge is 2.34. The molecule has 0 aromatic heterocycles. The normalized spacial score (nSPS) is 22.7. The van der Waals surface area contributed by atoms with Gasteiger partial charge in [0.15, 0.2) is 0 Å². The molecular formula is C23H25FN4O3. The minimum absolute atomic E-state index is 0.0117. The largest absolute Gasteiger partial charge is 0.378 e. The Balaban J connectivity index is 1.60. The number of aliphatic imine (C=N–C) groups is 1. The Labute approximate surface area is 180 Å². The number of amides is 3. The highest BCUT2D eigenvalue weighted by Crippen LogP contribution is 2.28. The monoisotopic (exact) mass is 424 g/mol. The van der Waals surface area contributed by atoms with Crippen LogP contribution >= 0.6 is 0 Å². The summed E-state index contributed by atoms with van der Waals surface area (Å²) in [5.74, 6) is -0.859. The summed E-state index contributed by atoms with van der Waals surface area (Å²) in [6, 6.07) is 12.9. The maximum absolute atomic E-state index is 14.6. The third-order valence-electron chi connectivity index (χ3n) is 5.57. The molecule has 1 aliphatic heterocycles. The molecule has 0 bridgehead atoms. The molecule has 2 aromatic carbocycles. The van der Waals surface area contributed by atoms with Crippen LogP contribution in [0, 0.1) is 5.82 Å². The summed E-state index contributed by atoms with van der Waals surface area (Å²) in [5, 5.41) is 5.50. The van der Waals surface area contributed by atoms with E-state index < -0.39 is 23.9 Å². The van der Waals surface area contributed by atoms with Crippen LogP contribution in [-0.2, 0) is 9.53 Å². The number of hydrogen-bond donors (Lipinski definition) is 2. The molecule has 162 valence electrons. The number of halogens is 1. The first kappa shape index (κ1) is 21.0. The topological polar surface area (TPSA) is 83.0 Å². The van der Waals surface area contributed by atoms with Crippen molar-refractivity contribution >= 4 is 23.3 Å². The number of rotatable bonds is 5. The standard InChI is InChI=1S/C23H25FN4O3/c1-3-31-15-12-14(13-15)25-23(30)27-21-22(29)28(2)19-11-7-5-9-17(19)20(26-21)16-8-4-6-10-18(16)24/h4-11,14-15,21H,3,12-13H2,1-2H3,(H2,25,27,30). The Kier molecular flexibility index (Phi) is 5.99. The fourth-order valence-electron chi connectivity index (χ4n) is 3.89. The van der Waals surface area contributed by atoms with E-state index in [-0.39, 0.29) is 17.7 Å². The minimum Gasteiger partial charge on any atom is -0.378 e. The third kappa shape index (κ3) is 4.29. The molecule has 8 heteroatoms. The summed E-state index contributed by atoms with van der Waals surface area (Å²) >= 11 is 0. The van der Waals surface area contributed by atoms with Gasteiger partial charge in [-0.25, -0.2) is 14.2 Å². The molecule has 1 unspecified atom stereocenters. The number of likely N-dealkylation sites (N-methyl/N-ethyl adjacent to an activating group) is 1. The molecule has 1 saturated carbocycles. The Morgan fingerprint density at radius 2 is 1.81 bits per heavy atom. The van der Waals surface area contributed by atoms with E-state index in [2.05, 4.69) is 15.6 Å². The number of benzene rings is 2. The lowest BCUT2D eigenvalue weighted by Crippen LogP contribution is -2.55. The van der Waals surface area contributed by atoms with Crippen LogP contribution in [0.15, 0.2) is 53.5 Å². The first-order valence-corrected chi connectivity index (χ1v) is 10.4. The highest BCUT2D eigenvalue weighted by atomic mass is 19.1. The number of fused-ring (bicyclic) bond motifs is 1. The van der Waals surface area contributed by atoms with E-state index in [1.165, 1.54) is 11.0 Å². The lowest BCUT2D eigenvalue weighted by molar-refractivity contribution is -0.119. The van der Waals surface area contributed by atoms with Gasteiger partial charge < -0.3 is 20.3 Å². The van der Waals surface area contributed by atoms with Crippen molar-refractivity contribution in [2.24, 2.45) is 4.99 Å². The molecule has 2 N–H and O–H groups in total. The smallest absolute Gasteiger partial charge is 0.317 e. The number of hydrogen-bond acceptors (Lipinski definition) is 4. The van der Waals surface area contributed by atoms with Crippen molar-refractivity contribution in [1.29, 1.82) is 0 Å². The van der Waals surface area contributed by atoms with Crippen molar-refractivity contribution in [1.82, 2.24) is 10.6 Å². The zero-order valence-electron chi connectivity index (χ0n) is 17.5.